The Labute approximate surface area is 91.3 Å². The molecule has 0 aliphatic heterocycles. The van der Waals surface area contributed by atoms with Crippen molar-refractivity contribution in [3.05, 3.63) is 29.8 Å². The van der Waals surface area contributed by atoms with Crippen molar-refractivity contribution < 1.29 is 9.53 Å². The van der Waals surface area contributed by atoms with Gasteiger partial charge >= 0.3 is 0 Å². The van der Waals surface area contributed by atoms with Crippen molar-refractivity contribution >= 4 is 5.78 Å². The van der Waals surface area contributed by atoms with Crippen LogP contribution in [0.5, 0.6) is 5.75 Å². The molecule has 0 N–H and O–H groups in total. The van der Waals surface area contributed by atoms with Gasteiger partial charge in [0, 0.05) is 12.8 Å². The van der Waals surface area contributed by atoms with Gasteiger partial charge in [0.05, 0.1) is 7.11 Å². The fourth-order valence-corrected chi connectivity index (χ4v) is 1.49. The first-order chi connectivity index (χ1) is 7.26. The summed E-state index contributed by atoms with van der Waals surface area (Å²) in [6.07, 6.45) is 3.22. The predicted molar refractivity (Wildman–Crippen MR) is 61.2 cm³/mol. The van der Waals surface area contributed by atoms with E-state index in [4.69, 9.17) is 4.74 Å². The Kier molecular flexibility index (Phi) is 4.88. The molecule has 0 unspecified atom stereocenters. The van der Waals surface area contributed by atoms with Crippen LogP contribution in [0.15, 0.2) is 24.3 Å². The quantitative estimate of drug-likeness (QED) is 0.715. The molecule has 2 nitrogen and oxygen atoms in total. The highest BCUT2D eigenvalue weighted by Gasteiger charge is 2.00. The molecule has 1 rings (SSSR count). The van der Waals surface area contributed by atoms with E-state index >= 15 is 0 Å². The van der Waals surface area contributed by atoms with Crippen molar-refractivity contribution in [3.8, 4) is 5.75 Å². The van der Waals surface area contributed by atoms with Crippen molar-refractivity contribution in [1.29, 1.82) is 0 Å². The minimum absolute atomic E-state index is 0.345. The molecule has 0 radical (unpaired) electrons. The summed E-state index contributed by atoms with van der Waals surface area (Å²) in [6.45, 7) is 1.91. The van der Waals surface area contributed by atoms with Gasteiger partial charge in [-0.1, -0.05) is 19.1 Å². The van der Waals surface area contributed by atoms with Crippen molar-refractivity contribution in [1.82, 2.24) is 0 Å². The van der Waals surface area contributed by atoms with E-state index < -0.39 is 0 Å². The summed E-state index contributed by atoms with van der Waals surface area (Å²) in [6, 6.07) is 8.01. The standard InChI is InChI=1S/C13H18O2/c1-3-12(14)8-4-6-11-7-5-9-13(10-11)15-2/h5,7,9-10H,3-4,6,8H2,1-2H3. The molecule has 15 heavy (non-hydrogen) atoms. The van der Waals surface area contributed by atoms with Gasteiger partial charge in [0.1, 0.15) is 11.5 Å². The van der Waals surface area contributed by atoms with Crippen molar-refractivity contribution in [3.63, 3.8) is 0 Å². The number of Topliss-reactive ketones (excluding diaryl/α,β-unsaturated/α-hetero) is 1. The molecule has 0 fully saturated rings. The van der Waals surface area contributed by atoms with Crippen LogP contribution in [-0.4, -0.2) is 12.9 Å². The van der Waals surface area contributed by atoms with E-state index in [0.29, 0.717) is 18.6 Å². The first-order valence-corrected chi connectivity index (χ1v) is 5.41. The summed E-state index contributed by atoms with van der Waals surface area (Å²) in [4.78, 5) is 11.1. The van der Waals surface area contributed by atoms with E-state index in [2.05, 4.69) is 6.07 Å². The van der Waals surface area contributed by atoms with Gasteiger partial charge in [0.2, 0.25) is 0 Å². The molecule has 0 heterocycles. The van der Waals surface area contributed by atoms with Crippen LogP contribution < -0.4 is 4.74 Å². The summed E-state index contributed by atoms with van der Waals surface area (Å²) < 4.78 is 5.14. The average Bonchev–Trinajstić information content (AvgIpc) is 2.29. The number of rotatable bonds is 6. The van der Waals surface area contributed by atoms with Crippen LogP contribution in [0.4, 0.5) is 0 Å². The van der Waals surface area contributed by atoms with Crippen molar-refractivity contribution in [2.45, 2.75) is 32.6 Å². The zero-order valence-corrected chi connectivity index (χ0v) is 9.45. The van der Waals surface area contributed by atoms with E-state index in [1.54, 1.807) is 7.11 Å². The summed E-state index contributed by atoms with van der Waals surface area (Å²) in [7, 11) is 1.67. The number of ketones is 1. The molecule has 0 amide bonds. The lowest BCUT2D eigenvalue weighted by molar-refractivity contribution is -0.118. The number of benzene rings is 1. The Morgan fingerprint density at radius 1 is 1.40 bits per heavy atom. The highest BCUT2D eigenvalue weighted by molar-refractivity contribution is 5.77. The second-order valence-corrected chi connectivity index (χ2v) is 3.60. The smallest absolute Gasteiger partial charge is 0.132 e. The number of aryl methyl sites for hydroxylation is 1. The van der Waals surface area contributed by atoms with E-state index in [1.165, 1.54) is 5.56 Å². The summed E-state index contributed by atoms with van der Waals surface area (Å²) in [5, 5.41) is 0. The highest BCUT2D eigenvalue weighted by Crippen LogP contribution is 2.14. The van der Waals surface area contributed by atoms with Gasteiger partial charge in [-0.3, -0.25) is 4.79 Å². The fraction of sp³-hybridized carbons (Fsp3) is 0.462. The third-order valence-corrected chi connectivity index (χ3v) is 2.45. The Morgan fingerprint density at radius 3 is 2.87 bits per heavy atom. The molecular weight excluding hydrogens is 188 g/mol. The number of ether oxygens (including phenoxy) is 1. The summed E-state index contributed by atoms with van der Waals surface area (Å²) in [5.41, 5.74) is 1.23. The second kappa shape index (κ2) is 6.23. The van der Waals surface area contributed by atoms with E-state index in [0.717, 1.165) is 18.6 Å². The highest BCUT2D eigenvalue weighted by atomic mass is 16.5. The van der Waals surface area contributed by atoms with Crippen LogP contribution in [0.3, 0.4) is 0 Å². The lowest BCUT2D eigenvalue weighted by Crippen LogP contribution is -1.96. The summed E-state index contributed by atoms with van der Waals surface area (Å²) in [5.74, 6) is 1.23. The average molecular weight is 206 g/mol. The molecule has 0 aliphatic rings. The minimum Gasteiger partial charge on any atom is -0.497 e. The molecule has 82 valence electrons. The molecule has 0 saturated carbocycles. The Hall–Kier alpha value is -1.31. The van der Waals surface area contributed by atoms with Gasteiger partial charge < -0.3 is 4.74 Å². The Bertz CT molecular complexity index is 318. The van der Waals surface area contributed by atoms with E-state index in [1.807, 2.05) is 25.1 Å². The van der Waals surface area contributed by atoms with E-state index in [9.17, 15) is 4.79 Å². The molecule has 1 aromatic rings. The largest absolute Gasteiger partial charge is 0.497 e. The Balaban J connectivity index is 2.40. The first-order valence-electron chi connectivity index (χ1n) is 5.41. The molecule has 2 heteroatoms. The third kappa shape index (κ3) is 4.15. The van der Waals surface area contributed by atoms with Crippen LogP contribution in [0.2, 0.25) is 0 Å². The van der Waals surface area contributed by atoms with Crippen LogP contribution in [0.25, 0.3) is 0 Å². The number of carbonyl (C=O) groups is 1. The number of methoxy groups -OCH3 is 1. The fourth-order valence-electron chi connectivity index (χ4n) is 1.49. The monoisotopic (exact) mass is 206 g/mol. The SMILES string of the molecule is CCC(=O)CCCc1cccc(OC)c1. The summed E-state index contributed by atoms with van der Waals surface area (Å²) >= 11 is 0. The maximum absolute atomic E-state index is 11.1. The maximum Gasteiger partial charge on any atom is 0.132 e. The second-order valence-electron chi connectivity index (χ2n) is 3.60. The van der Waals surface area contributed by atoms with Gasteiger partial charge in [0.25, 0.3) is 0 Å². The molecule has 1 aromatic carbocycles. The molecule has 0 spiro atoms. The number of hydrogen-bond acceptors (Lipinski definition) is 2. The molecule has 0 atom stereocenters. The zero-order chi connectivity index (χ0) is 11.1. The van der Waals surface area contributed by atoms with E-state index in [-0.39, 0.29) is 0 Å². The van der Waals surface area contributed by atoms with Gasteiger partial charge in [-0.25, -0.2) is 0 Å². The zero-order valence-electron chi connectivity index (χ0n) is 9.45. The number of carbonyl (C=O) groups excluding carboxylic acids is 1. The van der Waals surface area contributed by atoms with Gasteiger partial charge in [-0.05, 0) is 30.5 Å². The van der Waals surface area contributed by atoms with Gasteiger partial charge in [-0.2, -0.15) is 0 Å². The predicted octanol–water partition coefficient (Wildman–Crippen LogP) is 3.00. The molecular formula is C13H18O2. The van der Waals surface area contributed by atoms with Gasteiger partial charge in [-0.15, -0.1) is 0 Å². The van der Waals surface area contributed by atoms with Crippen LogP contribution in [-0.2, 0) is 11.2 Å². The molecule has 0 saturated heterocycles. The van der Waals surface area contributed by atoms with Crippen molar-refractivity contribution in [2.75, 3.05) is 7.11 Å². The molecule has 0 aliphatic carbocycles. The Morgan fingerprint density at radius 2 is 2.20 bits per heavy atom. The van der Waals surface area contributed by atoms with Crippen LogP contribution in [0.1, 0.15) is 31.7 Å². The normalized spacial score (nSPS) is 10.0. The first kappa shape index (κ1) is 11.8. The lowest BCUT2D eigenvalue weighted by atomic mass is 10.1. The third-order valence-electron chi connectivity index (χ3n) is 2.45. The molecule has 0 aromatic heterocycles. The lowest BCUT2D eigenvalue weighted by Gasteiger charge is -2.03. The van der Waals surface area contributed by atoms with Crippen LogP contribution >= 0.6 is 0 Å². The minimum atomic E-state index is 0.345. The topological polar surface area (TPSA) is 26.3 Å². The number of hydrogen-bond donors (Lipinski definition) is 0. The molecule has 0 bridgehead atoms. The maximum atomic E-state index is 11.1. The van der Waals surface area contributed by atoms with Crippen LogP contribution in [0, 0.1) is 0 Å². The van der Waals surface area contributed by atoms with Crippen molar-refractivity contribution in [2.24, 2.45) is 0 Å². The van der Waals surface area contributed by atoms with Gasteiger partial charge in [0.15, 0.2) is 0 Å².